The van der Waals surface area contributed by atoms with E-state index in [4.69, 9.17) is 9.47 Å². The van der Waals surface area contributed by atoms with E-state index in [1.165, 1.54) is 32.1 Å². The highest BCUT2D eigenvalue weighted by Gasteiger charge is 2.31. The normalized spacial score (nSPS) is 23.1. The van der Waals surface area contributed by atoms with Gasteiger partial charge in [0.1, 0.15) is 5.75 Å². The van der Waals surface area contributed by atoms with Gasteiger partial charge in [0.2, 0.25) is 5.91 Å². The zero-order valence-corrected chi connectivity index (χ0v) is 27.9. The lowest BCUT2D eigenvalue weighted by Gasteiger charge is -2.36. The Balaban J connectivity index is 1.56. The lowest BCUT2D eigenvalue weighted by atomic mass is 9.89. The second-order valence-electron chi connectivity index (χ2n) is 13.4. The second kappa shape index (κ2) is 17.7. The summed E-state index contributed by atoms with van der Waals surface area (Å²) in [6.07, 6.45) is 9.45. The molecule has 1 fully saturated rings. The molecule has 0 spiro atoms. The smallest absolute Gasteiger partial charge is 0.258 e. The van der Waals surface area contributed by atoms with E-state index in [9.17, 15) is 14.7 Å². The van der Waals surface area contributed by atoms with Gasteiger partial charge in [-0.3, -0.25) is 9.59 Å². The van der Waals surface area contributed by atoms with E-state index >= 15 is 0 Å². The molecule has 1 heterocycles. The van der Waals surface area contributed by atoms with Crippen LogP contribution >= 0.6 is 0 Å². The molecule has 0 aromatic heterocycles. The molecule has 8 heteroatoms. The Morgan fingerprint density at radius 1 is 1.02 bits per heavy atom. The molecule has 1 aliphatic heterocycles. The monoisotopic (exact) mass is 621 g/mol. The molecular weight excluding hydrogens is 566 g/mol. The summed E-state index contributed by atoms with van der Waals surface area (Å²) in [6.45, 7) is 8.86. The number of benzene rings is 2. The van der Waals surface area contributed by atoms with Gasteiger partial charge in [0.05, 0.1) is 36.8 Å². The van der Waals surface area contributed by atoms with Crippen molar-refractivity contribution in [2.75, 3.05) is 45.2 Å². The summed E-state index contributed by atoms with van der Waals surface area (Å²) in [5.74, 6) is 0.891. The van der Waals surface area contributed by atoms with Gasteiger partial charge in [0, 0.05) is 37.8 Å². The van der Waals surface area contributed by atoms with Gasteiger partial charge < -0.3 is 29.7 Å². The van der Waals surface area contributed by atoms with Crippen molar-refractivity contribution in [2.24, 2.45) is 11.8 Å². The number of nitrogens with zero attached hydrogens (tertiary/aromatic N) is 2. The fourth-order valence-corrected chi connectivity index (χ4v) is 6.64. The Morgan fingerprint density at radius 2 is 1.76 bits per heavy atom. The van der Waals surface area contributed by atoms with Crippen molar-refractivity contribution in [3.8, 4) is 5.75 Å². The van der Waals surface area contributed by atoms with Gasteiger partial charge in [0.15, 0.2) is 0 Å². The summed E-state index contributed by atoms with van der Waals surface area (Å²) >= 11 is 0. The summed E-state index contributed by atoms with van der Waals surface area (Å²) < 4.78 is 12.9. The van der Waals surface area contributed by atoms with Crippen LogP contribution in [-0.4, -0.2) is 84.9 Å². The number of hydrogen-bond acceptors (Lipinski definition) is 6. The molecule has 4 rings (SSSR count). The molecule has 2 N–H and O–H groups in total. The summed E-state index contributed by atoms with van der Waals surface area (Å²) in [5, 5.41) is 13.2. The Bertz CT molecular complexity index is 1200. The van der Waals surface area contributed by atoms with Crippen molar-refractivity contribution in [1.82, 2.24) is 9.80 Å². The van der Waals surface area contributed by atoms with Gasteiger partial charge in [-0.05, 0) is 82.7 Å². The maximum Gasteiger partial charge on any atom is 0.258 e. The van der Waals surface area contributed by atoms with Crippen LogP contribution < -0.4 is 10.1 Å². The molecule has 0 radical (unpaired) electrons. The van der Waals surface area contributed by atoms with Gasteiger partial charge in [-0.25, -0.2) is 0 Å². The van der Waals surface area contributed by atoms with Crippen molar-refractivity contribution in [3.63, 3.8) is 0 Å². The average Bonchev–Trinajstić information content (AvgIpc) is 3.03. The van der Waals surface area contributed by atoms with E-state index in [0.29, 0.717) is 30.2 Å². The van der Waals surface area contributed by atoms with E-state index < -0.39 is 6.04 Å². The van der Waals surface area contributed by atoms with Crippen molar-refractivity contribution in [2.45, 2.75) is 96.8 Å². The fourth-order valence-electron chi connectivity index (χ4n) is 6.64. The molecule has 1 aliphatic carbocycles. The van der Waals surface area contributed by atoms with Crippen LogP contribution in [0.4, 0.5) is 5.69 Å². The number of ether oxygens (including phenoxy) is 2. The molecule has 45 heavy (non-hydrogen) atoms. The predicted octanol–water partition coefficient (Wildman–Crippen LogP) is 6.18. The van der Waals surface area contributed by atoms with Gasteiger partial charge in [-0.1, -0.05) is 56.5 Å². The molecule has 0 bridgehead atoms. The maximum absolute atomic E-state index is 14.4. The minimum atomic E-state index is -0.407. The topological polar surface area (TPSA) is 91.3 Å². The first-order valence-electron chi connectivity index (χ1n) is 17.1. The highest BCUT2D eigenvalue weighted by atomic mass is 16.5. The number of amides is 2. The molecule has 248 valence electrons. The number of anilines is 1. The summed E-state index contributed by atoms with van der Waals surface area (Å²) in [4.78, 5) is 31.4. The molecule has 4 atom stereocenters. The maximum atomic E-state index is 14.4. The molecule has 1 saturated carbocycles. The number of hydrogen-bond donors (Lipinski definition) is 2. The van der Waals surface area contributed by atoms with Crippen LogP contribution in [0.1, 0.15) is 88.1 Å². The highest BCUT2D eigenvalue weighted by molar-refractivity contribution is 6.00. The summed E-state index contributed by atoms with van der Waals surface area (Å²) in [6, 6.07) is 14.5. The lowest BCUT2D eigenvalue weighted by Crippen LogP contribution is -2.47. The molecule has 2 amide bonds. The van der Waals surface area contributed by atoms with Crippen LogP contribution in [0.3, 0.4) is 0 Å². The third kappa shape index (κ3) is 10.8. The molecular formula is C37H55N3O5. The zero-order valence-electron chi connectivity index (χ0n) is 27.9. The number of carbonyl (C=O) groups is 2. The molecule has 2 aromatic carbocycles. The predicted molar refractivity (Wildman–Crippen MR) is 180 cm³/mol. The standard InChI is InChI=1S/C37H55N3O5/c1-27-23-40(28(2)26-41)37(43)33-22-32(38-36(42)21-30-14-7-5-8-15-30)18-19-34(33)45-29(3)13-11-12-20-44-35(27)25-39(4)24-31-16-9-6-10-17-31/h5,7-8,14-15,18-19,22,27-29,31,35,41H,6,9-13,16-17,20-21,23-26H2,1-4H3,(H,38,42)/t27-,28-,29-,35-/m1/s1. The Kier molecular flexibility index (Phi) is 13.7. The van der Waals surface area contributed by atoms with Gasteiger partial charge in [0.25, 0.3) is 5.91 Å². The molecule has 0 saturated heterocycles. The Labute approximate surface area is 270 Å². The molecule has 0 unspecified atom stereocenters. The van der Waals surface area contributed by atoms with Crippen LogP contribution in [0, 0.1) is 11.8 Å². The Hall–Kier alpha value is -2.94. The number of aliphatic hydroxyl groups is 1. The van der Waals surface area contributed by atoms with E-state index in [1.807, 2.05) is 44.2 Å². The minimum absolute atomic E-state index is 0.0387. The van der Waals surface area contributed by atoms with Crippen LogP contribution in [-0.2, 0) is 16.0 Å². The van der Waals surface area contributed by atoms with E-state index in [2.05, 4.69) is 24.2 Å². The molecule has 2 aromatic rings. The minimum Gasteiger partial charge on any atom is -0.490 e. The van der Waals surface area contributed by atoms with Crippen molar-refractivity contribution in [1.29, 1.82) is 0 Å². The Morgan fingerprint density at radius 3 is 2.49 bits per heavy atom. The van der Waals surface area contributed by atoms with Gasteiger partial charge in [-0.15, -0.1) is 0 Å². The number of likely N-dealkylation sites (N-methyl/N-ethyl adjacent to an activating group) is 1. The first-order valence-corrected chi connectivity index (χ1v) is 17.1. The van der Waals surface area contributed by atoms with Crippen LogP contribution in [0.15, 0.2) is 48.5 Å². The van der Waals surface area contributed by atoms with Gasteiger partial charge in [-0.2, -0.15) is 0 Å². The van der Waals surface area contributed by atoms with Crippen LogP contribution in [0.5, 0.6) is 5.75 Å². The largest absolute Gasteiger partial charge is 0.490 e. The number of nitrogens with one attached hydrogen (secondary N) is 1. The van der Waals surface area contributed by atoms with Crippen LogP contribution in [0.25, 0.3) is 0 Å². The second-order valence-corrected chi connectivity index (χ2v) is 13.4. The van der Waals surface area contributed by atoms with E-state index in [1.54, 1.807) is 23.1 Å². The van der Waals surface area contributed by atoms with E-state index in [0.717, 1.165) is 43.8 Å². The first kappa shape index (κ1) is 34.9. The highest BCUT2D eigenvalue weighted by Crippen LogP contribution is 2.29. The number of carbonyl (C=O) groups excluding carboxylic acids is 2. The first-order chi connectivity index (χ1) is 21.7. The SMILES string of the molecule is C[C@@H]1CCCCO[C@H](CN(C)CC2CCCCC2)[C@H](C)CN([C@H](C)CO)C(=O)c2cc(NC(=O)Cc3ccccc3)ccc2O1. The van der Waals surface area contributed by atoms with Gasteiger partial charge >= 0.3 is 0 Å². The molecule has 2 aliphatic rings. The zero-order chi connectivity index (χ0) is 32.2. The van der Waals surface area contributed by atoms with Crippen molar-refractivity contribution in [3.05, 3.63) is 59.7 Å². The lowest BCUT2D eigenvalue weighted by molar-refractivity contribution is -0.115. The third-order valence-electron chi connectivity index (χ3n) is 9.33. The summed E-state index contributed by atoms with van der Waals surface area (Å²) in [5.41, 5.74) is 1.84. The number of rotatable bonds is 9. The van der Waals surface area contributed by atoms with E-state index in [-0.39, 0.29) is 43.0 Å². The fraction of sp³-hybridized carbons (Fsp3) is 0.622. The number of aliphatic hydroxyl groups excluding tert-OH is 1. The van der Waals surface area contributed by atoms with Crippen LogP contribution in [0.2, 0.25) is 0 Å². The quantitative estimate of drug-likeness (QED) is 0.348. The van der Waals surface area contributed by atoms with Crippen molar-refractivity contribution < 1.29 is 24.2 Å². The molecule has 8 nitrogen and oxygen atoms in total. The number of fused-ring (bicyclic) bond motifs is 1. The average molecular weight is 622 g/mol. The van der Waals surface area contributed by atoms with Crippen molar-refractivity contribution >= 4 is 17.5 Å². The third-order valence-corrected chi connectivity index (χ3v) is 9.33. The summed E-state index contributed by atoms with van der Waals surface area (Å²) in [7, 11) is 2.19.